The van der Waals surface area contributed by atoms with E-state index in [9.17, 15) is 5.11 Å². The number of aromatic nitrogens is 1. The lowest BCUT2D eigenvalue weighted by Gasteiger charge is -2.33. The number of hydrogen-bond acceptors (Lipinski definition) is 2. The van der Waals surface area contributed by atoms with Crippen molar-refractivity contribution >= 4 is 34.1 Å². The number of halogens is 2. The molecule has 1 saturated heterocycles. The summed E-state index contributed by atoms with van der Waals surface area (Å²) in [5.41, 5.74) is 6.01. The Labute approximate surface area is 205 Å². The van der Waals surface area contributed by atoms with Gasteiger partial charge < -0.3 is 9.67 Å². The molecule has 1 N–H and O–H groups in total. The van der Waals surface area contributed by atoms with E-state index >= 15 is 0 Å². The van der Waals surface area contributed by atoms with Crippen LogP contribution in [0.15, 0.2) is 72.8 Å². The van der Waals surface area contributed by atoms with Crippen LogP contribution in [-0.4, -0.2) is 34.3 Å². The molecule has 0 spiro atoms. The van der Waals surface area contributed by atoms with Crippen molar-refractivity contribution in [1.29, 1.82) is 0 Å². The molecule has 1 aliphatic heterocycles. The number of likely N-dealkylation sites (tertiary alicyclic amines) is 1. The summed E-state index contributed by atoms with van der Waals surface area (Å²) in [6.45, 7) is 3.58. The summed E-state index contributed by atoms with van der Waals surface area (Å²) in [7, 11) is 0. The van der Waals surface area contributed by atoms with Gasteiger partial charge in [-0.2, -0.15) is 0 Å². The van der Waals surface area contributed by atoms with E-state index in [1.54, 1.807) is 0 Å². The van der Waals surface area contributed by atoms with Gasteiger partial charge in [0, 0.05) is 34.0 Å². The van der Waals surface area contributed by atoms with E-state index in [0.29, 0.717) is 12.5 Å². The Morgan fingerprint density at radius 2 is 1.48 bits per heavy atom. The highest BCUT2D eigenvalue weighted by Gasteiger charge is 2.26. The SMILES string of the molecule is OCCn1c(-c2ccccc2)c(CN2CCC(c3c(Cl)cccc3Cl)CC2)c2ccccc21. The molecule has 0 atom stereocenters. The third-order valence-electron chi connectivity index (χ3n) is 6.82. The topological polar surface area (TPSA) is 28.4 Å². The Morgan fingerprint density at radius 1 is 0.818 bits per heavy atom. The first kappa shape index (κ1) is 22.5. The molecular formula is C28H28Cl2N2O. The molecule has 1 aromatic heterocycles. The van der Waals surface area contributed by atoms with Crippen LogP contribution in [0.1, 0.15) is 29.9 Å². The van der Waals surface area contributed by atoms with Gasteiger partial charge in [-0.05, 0) is 66.7 Å². The molecule has 0 amide bonds. The lowest BCUT2D eigenvalue weighted by Crippen LogP contribution is -2.32. The molecule has 4 aromatic rings. The van der Waals surface area contributed by atoms with Crippen LogP contribution in [0.3, 0.4) is 0 Å². The second kappa shape index (κ2) is 9.90. The Hall–Kier alpha value is -2.30. The van der Waals surface area contributed by atoms with Crippen LogP contribution in [0, 0.1) is 0 Å². The Kier molecular flexibility index (Phi) is 6.75. The zero-order chi connectivity index (χ0) is 22.8. The van der Waals surface area contributed by atoms with Gasteiger partial charge in [-0.25, -0.2) is 0 Å². The maximum Gasteiger partial charge on any atom is 0.0610 e. The van der Waals surface area contributed by atoms with Crippen molar-refractivity contribution in [3.05, 3.63) is 94.0 Å². The first-order chi connectivity index (χ1) is 16.2. The number of hydrogen-bond donors (Lipinski definition) is 1. The summed E-state index contributed by atoms with van der Waals surface area (Å²) in [4.78, 5) is 2.54. The van der Waals surface area contributed by atoms with Crippen LogP contribution >= 0.6 is 23.2 Å². The number of fused-ring (bicyclic) bond motifs is 1. The van der Waals surface area contributed by atoms with Crippen molar-refractivity contribution in [3.8, 4) is 11.3 Å². The van der Waals surface area contributed by atoms with Crippen molar-refractivity contribution in [1.82, 2.24) is 9.47 Å². The summed E-state index contributed by atoms with van der Waals surface area (Å²) in [6.07, 6.45) is 2.08. The number of para-hydroxylation sites is 1. The van der Waals surface area contributed by atoms with Gasteiger partial charge in [0.2, 0.25) is 0 Å². The quantitative estimate of drug-likeness (QED) is 0.323. The first-order valence-corrected chi connectivity index (χ1v) is 12.4. The highest BCUT2D eigenvalue weighted by atomic mass is 35.5. The Balaban J connectivity index is 1.46. The molecule has 0 saturated carbocycles. The van der Waals surface area contributed by atoms with Crippen molar-refractivity contribution in [2.24, 2.45) is 0 Å². The van der Waals surface area contributed by atoms with Gasteiger partial charge in [-0.15, -0.1) is 0 Å². The highest BCUT2D eigenvalue weighted by Crippen LogP contribution is 2.39. The minimum atomic E-state index is 0.113. The van der Waals surface area contributed by atoms with E-state index in [2.05, 4.69) is 58.0 Å². The molecule has 1 aliphatic rings. The van der Waals surface area contributed by atoms with Gasteiger partial charge in [0.1, 0.15) is 0 Å². The summed E-state index contributed by atoms with van der Waals surface area (Å²) < 4.78 is 2.27. The molecule has 5 heteroatoms. The molecule has 0 unspecified atom stereocenters. The van der Waals surface area contributed by atoms with Crippen molar-refractivity contribution in [2.75, 3.05) is 19.7 Å². The second-order valence-electron chi connectivity index (χ2n) is 8.77. The lowest BCUT2D eigenvalue weighted by atomic mass is 9.89. The maximum atomic E-state index is 9.81. The molecule has 3 aromatic carbocycles. The normalized spacial score (nSPS) is 15.4. The smallest absolute Gasteiger partial charge is 0.0610 e. The molecule has 5 rings (SSSR count). The predicted molar refractivity (Wildman–Crippen MR) is 138 cm³/mol. The minimum Gasteiger partial charge on any atom is -0.395 e. The van der Waals surface area contributed by atoms with Gasteiger partial charge in [0.15, 0.2) is 0 Å². The second-order valence-corrected chi connectivity index (χ2v) is 9.59. The van der Waals surface area contributed by atoms with Crippen LogP contribution in [0.5, 0.6) is 0 Å². The number of aliphatic hydroxyl groups is 1. The molecular weight excluding hydrogens is 451 g/mol. The van der Waals surface area contributed by atoms with E-state index in [0.717, 1.165) is 48.1 Å². The van der Waals surface area contributed by atoms with Crippen LogP contribution in [0.4, 0.5) is 0 Å². The minimum absolute atomic E-state index is 0.113. The molecule has 33 heavy (non-hydrogen) atoms. The summed E-state index contributed by atoms with van der Waals surface area (Å²) in [6, 6.07) is 24.9. The molecule has 0 bridgehead atoms. The zero-order valence-electron chi connectivity index (χ0n) is 18.6. The number of aliphatic hydroxyl groups excluding tert-OH is 1. The summed E-state index contributed by atoms with van der Waals surface area (Å²) >= 11 is 13.0. The largest absolute Gasteiger partial charge is 0.395 e. The fraction of sp³-hybridized carbons (Fsp3) is 0.286. The molecule has 2 heterocycles. The highest BCUT2D eigenvalue weighted by molar-refractivity contribution is 6.36. The lowest BCUT2D eigenvalue weighted by molar-refractivity contribution is 0.205. The van der Waals surface area contributed by atoms with Gasteiger partial charge in [0.25, 0.3) is 0 Å². The number of benzene rings is 3. The van der Waals surface area contributed by atoms with Crippen LogP contribution in [-0.2, 0) is 13.1 Å². The van der Waals surface area contributed by atoms with Gasteiger partial charge in [0.05, 0.1) is 12.3 Å². The first-order valence-electron chi connectivity index (χ1n) is 11.6. The van der Waals surface area contributed by atoms with E-state index in [4.69, 9.17) is 23.2 Å². The van der Waals surface area contributed by atoms with Crippen molar-refractivity contribution < 1.29 is 5.11 Å². The average Bonchev–Trinajstić information content (AvgIpc) is 3.14. The fourth-order valence-corrected chi connectivity index (χ4v) is 6.00. The average molecular weight is 479 g/mol. The van der Waals surface area contributed by atoms with Crippen molar-refractivity contribution in [3.63, 3.8) is 0 Å². The molecule has 170 valence electrons. The van der Waals surface area contributed by atoms with Crippen LogP contribution < -0.4 is 0 Å². The standard InChI is InChI=1S/C28H28Cl2N2O/c29-24-10-6-11-25(30)27(24)20-13-15-31(16-14-20)19-23-22-9-4-5-12-26(22)32(17-18-33)28(23)21-7-2-1-3-8-21/h1-12,20,33H,13-19H2. The maximum absolute atomic E-state index is 9.81. The predicted octanol–water partition coefficient (Wildman–Crippen LogP) is 6.99. The molecule has 0 aliphatic carbocycles. The Morgan fingerprint density at radius 3 is 2.18 bits per heavy atom. The molecule has 3 nitrogen and oxygen atoms in total. The van der Waals surface area contributed by atoms with E-state index in [1.165, 1.54) is 27.7 Å². The van der Waals surface area contributed by atoms with E-state index in [1.807, 2.05) is 24.3 Å². The number of rotatable bonds is 6. The van der Waals surface area contributed by atoms with Crippen LogP contribution in [0.25, 0.3) is 22.2 Å². The third kappa shape index (κ3) is 4.43. The third-order valence-corrected chi connectivity index (χ3v) is 7.48. The summed E-state index contributed by atoms with van der Waals surface area (Å²) in [5, 5.41) is 12.6. The zero-order valence-corrected chi connectivity index (χ0v) is 20.1. The van der Waals surface area contributed by atoms with Crippen LogP contribution in [0.2, 0.25) is 10.0 Å². The van der Waals surface area contributed by atoms with E-state index in [-0.39, 0.29) is 6.61 Å². The summed E-state index contributed by atoms with van der Waals surface area (Å²) in [5.74, 6) is 0.395. The molecule has 0 radical (unpaired) electrons. The monoisotopic (exact) mass is 478 g/mol. The number of piperidine rings is 1. The van der Waals surface area contributed by atoms with Gasteiger partial charge in [-0.3, -0.25) is 4.90 Å². The Bertz CT molecular complexity index is 1220. The number of nitrogens with zero attached hydrogens (tertiary/aromatic N) is 2. The van der Waals surface area contributed by atoms with Gasteiger partial charge >= 0.3 is 0 Å². The van der Waals surface area contributed by atoms with Crippen molar-refractivity contribution in [2.45, 2.75) is 31.8 Å². The van der Waals surface area contributed by atoms with E-state index < -0.39 is 0 Å². The molecule has 1 fully saturated rings. The fourth-order valence-electron chi connectivity index (χ4n) is 5.30. The van der Waals surface area contributed by atoms with Gasteiger partial charge in [-0.1, -0.05) is 77.8 Å².